The smallest absolute Gasteiger partial charge is 0.317 e. The molecule has 1 rings (SSSR count). The number of hydrogen-bond donors (Lipinski definition) is 0. The van der Waals surface area contributed by atoms with Gasteiger partial charge in [-0.15, -0.1) is 0 Å². The molecule has 0 aliphatic rings. The minimum Gasteiger partial charge on any atom is -0.459 e. The third-order valence-electron chi connectivity index (χ3n) is 2.29. The van der Waals surface area contributed by atoms with E-state index in [4.69, 9.17) is 4.74 Å². The Morgan fingerprint density at radius 2 is 1.78 bits per heavy atom. The number of esters is 1. The van der Waals surface area contributed by atoms with Crippen LogP contribution in [-0.4, -0.2) is 17.4 Å². The van der Waals surface area contributed by atoms with E-state index in [0.29, 0.717) is 10.0 Å². The molecule has 1 aromatic carbocycles. The van der Waals surface area contributed by atoms with Gasteiger partial charge in [0.1, 0.15) is 11.5 Å². The van der Waals surface area contributed by atoms with E-state index >= 15 is 0 Å². The van der Waals surface area contributed by atoms with Crippen molar-refractivity contribution in [2.24, 2.45) is 5.92 Å². The fraction of sp³-hybridized carbons (Fsp3) is 0.429. The van der Waals surface area contributed by atoms with Crippen molar-refractivity contribution in [2.45, 2.75) is 33.3 Å². The van der Waals surface area contributed by atoms with Crippen LogP contribution >= 0.6 is 15.9 Å². The molecule has 0 saturated heterocycles. The highest BCUT2D eigenvalue weighted by atomic mass is 79.9. The molecule has 0 aliphatic heterocycles. The number of Topliss-reactive ketones (excluding diaryl/α,β-unsaturated/α-hetero) is 1. The number of hydrogen-bond acceptors (Lipinski definition) is 3. The average molecular weight is 313 g/mol. The zero-order valence-corrected chi connectivity index (χ0v) is 12.6. The molecule has 98 valence electrons. The zero-order valence-electron chi connectivity index (χ0n) is 11.0. The predicted octanol–water partition coefficient (Wildman–Crippen LogP) is 3.61. The molecule has 4 heteroatoms. The lowest BCUT2D eigenvalue weighted by Crippen LogP contribution is -2.31. The van der Waals surface area contributed by atoms with Crippen LogP contribution < -0.4 is 0 Å². The number of benzene rings is 1. The average Bonchev–Trinajstić information content (AvgIpc) is 2.25. The maximum Gasteiger partial charge on any atom is 0.317 e. The molecule has 1 unspecified atom stereocenters. The van der Waals surface area contributed by atoms with Crippen LogP contribution in [0.25, 0.3) is 0 Å². The van der Waals surface area contributed by atoms with Gasteiger partial charge in [-0.1, -0.05) is 34.1 Å². The molecule has 0 fully saturated rings. The maximum atomic E-state index is 12.2. The second-order valence-corrected chi connectivity index (χ2v) is 5.95. The lowest BCUT2D eigenvalue weighted by Gasteiger charge is -2.21. The summed E-state index contributed by atoms with van der Waals surface area (Å²) in [6.45, 7) is 6.90. The summed E-state index contributed by atoms with van der Waals surface area (Å²) in [5, 5.41) is 0. The van der Waals surface area contributed by atoms with E-state index in [0.717, 1.165) is 0 Å². The molecular formula is C14H17BrO3. The van der Waals surface area contributed by atoms with Gasteiger partial charge in [0.25, 0.3) is 0 Å². The number of rotatable bonds is 3. The molecular weight excluding hydrogens is 296 g/mol. The van der Waals surface area contributed by atoms with Crippen molar-refractivity contribution in [2.75, 3.05) is 0 Å². The molecule has 0 saturated carbocycles. The van der Waals surface area contributed by atoms with Crippen LogP contribution in [-0.2, 0) is 9.53 Å². The Morgan fingerprint density at radius 3 is 2.28 bits per heavy atom. The molecule has 18 heavy (non-hydrogen) atoms. The van der Waals surface area contributed by atoms with Gasteiger partial charge >= 0.3 is 5.97 Å². The molecule has 0 N–H and O–H groups in total. The van der Waals surface area contributed by atoms with Gasteiger partial charge < -0.3 is 4.74 Å². The predicted molar refractivity (Wildman–Crippen MR) is 73.5 cm³/mol. The highest BCUT2D eigenvalue weighted by molar-refractivity contribution is 9.10. The van der Waals surface area contributed by atoms with Crippen LogP contribution in [0.3, 0.4) is 0 Å². The number of carbonyl (C=O) groups excluding carboxylic acids is 2. The van der Waals surface area contributed by atoms with E-state index in [-0.39, 0.29) is 5.78 Å². The summed E-state index contributed by atoms with van der Waals surface area (Å²) in [7, 11) is 0. The topological polar surface area (TPSA) is 43.4 Å². The SMILES string of the molecule is CC(C(=O)OC(C)(C)C)C(=O)c1ccccc1Br. The van der Waals surface area contributed by atoms with E-state index in [1.54, 1.807) is 45.9 Å². The summed E-state index contributed by atoms with van der Waals surface area (Å²) in [5.74, 6) is -1.54. The van der Waals surface area contributed by atoms with E-state index in [1.807, 2.05) is 6.07 Å². The Hall–Kier alpha value is -1.16. The van der Waals surface area contributed by atoms with Gasteiger partial charge in [0.05, 0.1) is 0 Å². The second kappa shape index (κ2) is 5.65. The number of carbonyl (C=O) groups is 2. The van der Waals surface area contributed by atoms with E-state index < -0.39 is 17.5 Å². The Kier molecular flexibility index (Phi) is 4.68. The van der Waals surface area contributed by atoms with Gasteiger partial charge in [0.15, 0.2) is 5.78 Å². The third-order valence-corrected chi connectivity index (χ3v) is 2.98. The van der Waals surface area contributed by atoms with Crippen molar-refractivity contribution >= 4 is 27.7 Å². The van der Waals surface area contributed by atoms with Crippen LogP contribution in [0.15, 0.2) is 28.7 Å². The van der Waals surface area contributed by atoms with Crippen molar-refractivity contribution in [3.63, 3.8) is 0 Å². The first kappa shape index (κ1) is 14.9. The fourth-order valence-corrected chi connectivity index (χ4v) is 1.87. The lowest BCUT2D eigenvalue weighted by atomic mass is 9.99. The molecule has 1 atom stereocenters. The standard InChI is InChI=1S/C14H17BrO3/c1-9(13(17)18-14(2,3)4)12(16)10-7-5-6-8-11(10)15/h5-9H,1-4H3. The number of ether oxygens (including phenoxy) is 1. The van der Waals surface area contributed by atoms with Crippen LogP contribution in [0.5, 0.6) is 0 Å². The molecule has 0 radical (unpaired) electrons. The highest BCUT2D eigenvalue weighted by Crippen LogP contribution is 2.21. The minimum atomic E-state index is -0.803. The van der Waals surface area contributed by atoms with Gasteiger partial charge in [-0.25, -0.2) is 0 Å². The Morgan fingerprint density at radius 1 is 1.22 bits per heavy atom. The first-order valence-electron chi connectivity index (χ1n) is 5.74. The molecule has 0 aliphatic carbocycles. The van der Waals surface area contributed by atoms with Gasteiger partial charge in [-0.2, -0.15) is 0 Å². The monoisotopic (exact) mass is 312 g/mol. The number of ketones is 1. The van der Waals surface area contributed by atoms with E-state index in [9.17, 15) is 9.59 Å². The van der Waals surface area contributed by atoms with Crippen molar-refractivity contribution in [3.8, 4) is 0 Å². The first-order valence-corrected chi connectivity index (χ1v) is 6.53. The van der Waals surface area contributed by atoms with Crippen LogP contribution in [0.1, 0.15) is 38.1 Å². The Labute approximate surface area is 116 Å². The largest absolute Gasteiger partial charge is 0.459 e. The molecule has 1 aromatic rings. The molecule has 0 aromatic heterocycles. The quantitative estimate of drug-likeness (QED) is 0.486. The Bertz CT molecular complexity index is 460. The fourth-order valence-electron chi connectivity index (χ4n) is 1.39. The normalized spacial score (nSPS) is 12.9. The van der Waals surface area contributed by atoms with Crippen molar-refractivity contribution in [3.05, 3.63) is 34.3 Å². The van der Waals surface area contributed by atoms with Crippen LogP contribution in [0.2, 0.25) is 0 Å². The van der Waals surface area contributed by atoms with Crippen molar-refractivity contribution < 1.29 is 14.3 Å². The summed E-state index contributed by atoms with van der Waals surface area (Å²) in [4.78, 5) is 24.0. The zero-order chi connectivity index (χ0) is 13.9. The molecule has 3 nitrogen and oxygen atoms in total. The first-order chi connectivity index (χ1) is 8.22. The summed E-state index contributed by atoms with van der Waals surface area (Å²) in [6, 6.07) is 7.04. The summed E-state index contributed by atoms with van der Waals surface area (Å²) >= 11 is 3.30. The molecule has 0 amide bonds. The molecule has 0 heterocycles. The van der Waals surface area contributed by atoms with Crippen molar-refractivity contribution in [1.82, 2.24) is 0 Å². The van der Waals surface area contributed by atoms with Crippen molar-refractivity contribution in [1.29, 1.82) is 0 Å². The summed E-state index contributed by atoms with van der Waals surface area (Å²) in [5.41, 5.74) is -0.0876. The van der Waals surface area contributed by atoms with Gasteiger partial charge in [0, 0.05) is 10.0 Å². The molecule has 0 spiro atoms. The van der Waals surface area contributed by atoms with E-state index in [2.05, 4.69) is 15.9 Å². The van der Waals surface area contributed by atoms with Gasteiger partial charge in [-0.3, -0.25) is 9.59 Å². The molecule has 0 bridgehead atoms. The Balaban J connectivity index is 2.85. The van der Waals surface area contributed by atoms with Crippen LogP contribution in [0, 0.1) is 5.92 Å². The summed E-state index contributed by atoms with van der Waals surface area (Å²) in [6.07, 6.45) is 0. The minimum absolute atomic E-state index is 0.239. The number of halogens is 1. The van der Waals surface area contributed by atoms with Gasteiger partial charge in [0.2, 0.25) is 0 Å². The van der Waals surface area contributed by atoms with Gasteiger partial charge in [-0.05, 0) is 33.8 Å². The van der Waals surface area contributed by atoms with Crippen LogP contribution in [0.4, 0.5) is 0 Å². The third kappa shape index (κ3) is 3.95. The highest BCUT2D eigenvalue weighted by Gasteiger charge is 2.28. The summed E-state index contributed by atoms with van der Waals surface area (Å²) < 4.78 is 5.89. The second-order valence-electron chi connectivity index (χ2n) is 5.10. The lowest BCUT2D eigenvalue weighted by molar-refractivity contribution is -0.157. The van der Waals surface area contributed by atoms with E-state index in [1.165, 1.54) is 0 Å². The maximum absolute atomic E-state index is 12.2.